The minimum absolute atomic E-state index is 0.0422. The molecule has 1 N–H and O–H groups in total. The number of methoxy groups -OCH3 is 1. The maximum atomic E-state index is 9.69. The number of rotatable bonds is 12. The van der Waals surface area contributed by atoms with Gasteiger partial charge in [0.25, 0.3) is 0 Å². The van der Waals surface area contributed by atoms with Crippen molar-refractivity contribution in [3.05, 3.63) is 42.5 Å². The largest absolute Gasteiger partial charge is 0.497 e. The Hall–Kier alpha value is -1.14. The van der Waals surface area contributed by atoms with Crippen molar-refractivity contribution in [1.82, 2.24) is 0 Å². The molecule has 3 atom stereocenters. The predicted molar refractivity (Wildman–Crippen MR) is 128 cm³/mol. The maximum absolute atomic E-state index is 9.69. The molecule has 1 aromatic carbocycles. The smallest absolute Gasteiger partial charge is 0.192 e. The summed E-state index contributed by atoms with van der Waals surface area (Å²) in [6, 6.07) is 7.92. The van der Waals surface area contributed by atoms with Gasteiger partial charge in [0.2, 0.25) is 0 Å². The minimum Gasteiger partial charge on any atom is -0.497 e. The van der Waals surface area contributed by atoms with Gasteiger partial charge in [0.05, 0.1) is 25.9 Å². The van der Waals surface area contributed by atoms with E-state index in [-0.39, 0.29) is 35.2 Å². The van der Waals surface area contributed by atoms with Crippen molar-refractivity contribution >= 4 is 8.32 Å². The standard InChI is InChI=1S/C25H44O4Si/c1-11-22(28-18-20-12-14-21(27-8)15-13-20)25(6,7)23(16-19(2)17-26)29-30(9,10)24(3,4)5/h11-15,19,22-23,26H,1,16-18H2,2-10H3/t19-,22-,23-/m0/s1. The highest BCUT2D eigenvalue weighted by Crippen LogP contribution is 2.43. The first-order chi connectivity index (χ1) is 13.8. The van der Waals surface area contributed by atoms with Crippen LogP contribution in [0.4, 0.5) is 0 Å². The zero-order valence-electron chi connectivity index (χ0n) is 20.6. The maximum Gasteiger partial charge on any atom is 0.192 e. The lowest BCUT2D eigenvalue weighted by Crippen LogP contribution is -2.51. The molecular weight excluding hydrogens is 392 g/mol. The highest BCUT2D eigenvalue weighted by Gasteiger charge is 2.45. The van der Waals surface area contributed by atoms with Gasteiger partial charge in [0.1, 0.15) is 5.75 Å². The van der Waals surface area contributed by atoms with Gasteiger partial charge in [-0.25, -0.2) is 0 Å². The van der Waals surface area contributed by atoms with Crippen molar-refractivity contribution < 1.29 is 19.0 Å². The van der Waals surface area contributed by atoms with E-state index in [1.165, 1.54) is 0 Å². The lowest BCUT2D eigenvalue weighted by atomic mass is 9.77. The van der Waals surface area contributed by atoms with Crippen molar-refractivity contribution in [2.75, 3.05) is 13.7 Å². The monoisotopic (exact) mass is 436 g/mol. The fourth-order valence-corrected chi connectivity index (χ4v) is 4.62. The van der Waals surface area contributed by atoms with Crippen molar-refractivity contribution in [2.24, 2.45) is 11.3 Å². The van der Waals surface area contributed by atoms with Crippen LogP contribution >= 0.6 is 0 Å². The summed E-state index contributed by atoms with van der Waals surface area (Å²) in [6.07, 6.45) is 2.45. The van der Waals surface area contributed by atoms with Crippen LogP contribution in [0.5, 0.6) is 5.75 Å². The van der Waals surface area contributed by atoms with Crippen LogP contribution in [0, 0.1) is 11.3 Å². The Morgan fingerprint density at radius 1 is 1.10 bits per heavy atom. The number of ether oxygens (including phenoxy) is 2. The molecule has 0 radical (unpaired) electrons. The van der Waals surface area contributed by atoms with E-state index < -0.39 is 8.32 Å². The second kappa shape index (κ2) is 10.9. The molecule has 30 heavy (non-hydrogen) atoms. The van der Waals surface area contributed by atoms with Gasteiger partial charge in [0, 0.05) is 12.0 Å². The number of benzene rings is 1. The topological polar surface area (TPSA) is 47.9 Å². The van der Waals surface area contributed by atoms with Gasteiger partial charge < -0.3 is 19.0 Å². The molecule has 172 valence electrons. The molecule has 0 unspecified atom stereocenters. The average Bonchev–Trinajstić information content (AvgIpc) is 2.67. The molecule has 0 aliphatic rings. The molecule has 0 amide bonds. The summed E-state index contributed by atoms with van der Waals surface area (Å²) in [5, 5.41) is 9.80. The van der Waals surface area contributed by atoms with Crippen LogP contribution in [0.2, 0.25) is 18.1 Å². The molecule has 0 saturated heterocycles. The summed E-state index contributed by atoms with van der Waals surface area (Å²) in [7, 11) is -0.334. The molecule has 0 aromatic heterocycles. The Bertz CT molecular complexity index is 646. The third kappa shape index (κ3) is 7.22. The third-order valence-corrected chi connectivity index (χ3v) is 11.0. The van der Waals surface area contributed by atoms with Crippen LogP contribution in [0.25, 0.3) is 0 Å². The van der Waals surface area contributed by atoms with Gasteiger partial charge in [-0.15, -0.1) is 6.58 Å². The molecular formula is C25H44O4Si. The Kier molecular flexibility index (Phi) is 9.81. The summed E-state index contributed by atoms with van der Waals surface area (Å²) < 4.78 is 18.4. The van der Waals surface area contributed by atoms with E-state index >= 15 is 0 Å². The van der Waals surface area contributed by atoms with Crippen LogP contribution in [0.15, 0.2) is 36.9 Å². The van der Waals surface area contributed by atoms with Crippen molar-refractivity contribution in [1.29, 1.82) is 0 Å². The van der Waals surface area contributed by atoms with E-state index in [1.54, 1.807) is 7.11 Å². The van der Waals surface area contributed by atoms with E-state index in [0.717, 1.165) is 17.7 Å². The van der Waals surface area contributed by atoms with Gasteiger partial charge in [-0.05, 0) is 48.2 Å². The Morgan fingerprint density at radius 3 is 2.10 bits per heavy atom. The third-order valence-electron chi connectivity index (χ3n) is 6.54. The highest BCUT2D eigenvalue weighted by molar-refractivity contribution is 6.74. The molecule has 1 aromatic rings. The lowest BCUT2D eigenvalue weighted by Gasteiger charge is -2.47. The molecule has 0 fully saturated rings. The van der Waals surface area contributed by atoms with Crippen LogP contribution < -0.4 is 4.74 Å². The molecule has 1 rings (SSSR count). The predicted octanol–water partition coefficient (Wildman–Crippen LogP) is 6.20. The fourth-order valence-electron chi connectivity index (χ4n) is 3.15. The van der Waals surface area contributed by atoms with E-state index in [4.69, 9.17) is 13.9 Å². The second-order valence-electron chi connectivity index (χ2n) is 10.5. The van der Waals surface area contributed by atoms with Gasteiger partial charge in [-0.2, -0.15) is 0 Å². The molecule has 0 bridgehead atoms. The Labute approximate surface area is 185 Å². The average molecular weight is 437 g/mol. The van der Waals surface area contributed by atoms with E-state index in [1.807, 2.05) is 30.3 Å². The first-order valence-electron chi connectivity index (χ1n) is 10.9. The number of hydrogen-bond donors (Lipinski definition) is 1. The van der Waals surface area contributed by atoms with Crippen molar-refractivity contribution in [2.45, 2.75) is 84.9 Å². The molecule has 0 aliphatic carbocycles. The molecule has 0 heterocycles. The molecule has 5 heteroatoms. The van der Waals surface area contributed by atoms with E-state index in [0.29, 0.717) is 6.61 Å². The number of aliphatic hydroxyl groups excluding tert-OH is 1. The first-order valence-corrected chi connectivity index (χ1v) is 13.8. The SMILES string of the molecule is C=C[C@H](OCc1ccc(OC)cc1)C(C)(C)[C@H](C[C@H](C)CO)O[Si](C)(C)C(C)(C)C. The zero-order valence-corrected chi connectivity index (χ0v) is 21.6. The Balaban J connectivity index is 3.05. The second-order valence-corrected chi connectivity index (χ2v) is 15.3. The molecule has 4 nitrogen and oxygen atoms in total. The molecule has 0 aliphatic heterocycles. The normalized spacial score (nSPS) is 16.1. The number of hydrogen-bond acceptors (Lipinski definition) is 4. The number of aliphatic hydroxyl groups is 1. The fraction of sp³-hybridized carbons (Fsp3) is 0.680. The summed E-state index contributed by atoms with van der Waals surface area (Å²) in [6.45, 7) is 22.5. The first kappa shape index (κ1) is 26.9. The van der Waals surface area contributed by atoms with Crippen LogP contribution in [-0.2, 0) is 15.8 Å². The summed E-state index contributed by atoms with van der Waals surface area (Å²) >= 11 is 0. The van der Waals surface area contributed by atoms with Gasteiger partial charge in [-0.3, -0.25) is 0 Å². The van der Waals surface area contributed by atoms with Crippen molar-refractivity contribution in [3.63, 3.8) is 0 Å². The zero-order chi connectivity index (χ0) is 23.2. The quantitative estimate of drug-likeness (QED) is 0.313. The van der Waals surface area contributed by atoms with Gasteiger partial charge in [-0.1, -0.05) is 59.8 Å². The van der Waals surface area contributed by atoms with Crippen molar-refractivity contribution in [3.8, 4) is 5.75 Å². The van der Waals surface area contributed by atoms with Crippen LogP contribution in [-0.4, -0.2) is 39.3 Å². The van der Waals surface area contributed by atoms with Crippen LogP contribution in [0.3, 0.4) is 0 Å². The highest BCUT2D eigenvalue weighted by atomic mass is 28.4. The van der Waals surface area contributed by atoms with E-state index in [2.05, 4.69) is 61.2 Å². The minimum atomic E-state index is -2.00. The summed E-state index contributed by atoms with van der Waals surface area (Å²) in [5.41, 5.74) is 0.789. The van der Waals surface area contributed by atoms with E-state index in [9.17, 15) is 5.11 Å². The lowest BCUT2D eigenvalue weighted by molar-refractivity contribution is -0.0709. The van der Waals surface area contributed by atoms with Crippen LogP contribution in [0.1, 0.15) is 53.5 Å². The molecule has 0 spiro atoms. The summed E-state index contributed by atoms with van der Waals surface area (Å²) in [4.78, 5) is 0. The molecule has 0 saturated carbocycles. The van der Waals surface area contributed by atoms with Gasteiger partial charge in [0.15, 0.2) is 8.32 Å². The Morgan fingerprint density at radius 2 is 1.67 bits per heavy atom. The summed E-state index contributed by atoms with van der Waals surface area (Å²) in [5.74, 6) is 0.992. The van der Waals surface area contributed by atoms with Gasteiger partial charge >= 0.3 is 0 Å².